The van der Waals surface area contributed by atoms with Crippen molar-refractivity contribution in [3.63, 3.8) is 0 Å². The zero-order valence-electron chi connectivity index (χ0n) is 17.6. The first kappa shape index (κ1) is 22.6. The molecule has 2 aromatic carbocycles. The Morgan fingerprint density at radius 1 is 1.00 bits per heavy atom. The van der Waals surface area contributed by atoms with Crippen LogP contribution in [-0.4, -0.2) is 59.0 Å². The molecule has 1 saturated heterocycles. The predicted octanol–water partition coefficient (Wildman–Crippen LogP) is 2.30. The van der Waals surface area contributed by atoms with Crippen LogP contribution in [0.15, 0.2) is 59.5 Å². The van der Waals surface area contributed by atoms with Gasteiger partial charge in [-0.1, -0.05) is 18.2 Å². The molecule has 31 heavy (non-hydrogen) atoms. The fraction of sp³-hybridized carbons (Fsp3) is 0.364. The molecule has 0 spiro atoms. The Labute approximate surface area is 182 Å². The summed E-state index contributed by atoms with van der Waals surface area (Å²) in [5.41, 5.74) is 0.399. The average Bonchev–Trinajstić information content (AvgIpc) is 2.82. The number of anilines is 1. The Kier molecular flexibility index (Phi) is 7.17. The molecule has 1 amide bonds. The summed E-state index contributed by atoms with van der Waals surface area (Å²) in [5, 5.41) is 0. The molecule has 0 aliphatic carbocycles. The van der Waals surface area contributed by atoms with Crippen molar-refractivity contribution in [3.05, 3.63) is 54.6 Å². The minimum absolute atomic E-state index is 0.0642. The minimum Gasteiger partial charge on any atom is -0.497 e. The molecule has 0 saturated carbocycles. The topological polar surface area (TPSA) is 93.2 Å². The van der Waals surface area contributed by atoms with E-state index in [-0.39, 0.29) is 29.2 Å². The van der Waals surface area contributed by atoms with Crippen LogP contribution >= 0.6 is 0 Å². The largest absolute Gasteiger partial charge is 0.497 e. The van der Waals surface area contributed by atoms with Crippen LogP contribution in [0.3, 0.4) is 0 Å². The van der Waals surface area contributed by atoms with E-state index in [2.05, 4.69) is 0 Å². The number of esters is 1. The van der Waals surface area contributed by atoms with E-state index in [0.29, 0.717) is 37.4 Å². The Balaban J connectivity index is 1.82. The lowest BCUT2D eigenvalue weighted by Gasteiger charge is -2.33. The summed E-state index contributed by atoms with van der Waals surface area (Å²) in [6.07, 6.45) is 0.990. The number of ether oxygens (including phenoxy) is 2. The second-order valence-corrected chi connectivity index (χ2v) is 9.06. The highest BCUT2D eigenvalue weighted by atomic mass is 32.2. The van der Waals surface area contributed by atoms with Crippen LogP contribution in [0.1, 0.15) is 12.8 Å². The zero-order valence-corrected chi connectivity index (χ0v) is 18.4. The molecular weight excluding hydrogens is 420 g/mol. The highest BCUT2D eigenvalue weighted by molar-refractivity contribution is 7.92. The number of nitrogens with zero attached hydrogens (tertiary/aromatic N) is 2. The number of carbonyl (C=O) groups is 2. The summed E-state index contributed by atoms with van der Waals surface area (Å²) in [7, 11) is -1.13. The monoisotopic (exact) mass is 446 g/mol. The molecule has 1 aliphatic rings. The van der Waals surface area contributed by atoms with Crippen LogP contribution in [-0.2, 0) is 24.3 Å². The molecule has 2 aromatic rings. The Bertz CT molecular complexity index is 1000. The van der Waals surface area contributed by atoms with Gasteiger partial charge in [-0.15, -0.1) is 0 Å². The van der Waals surface area contributed by atoms with Crippen LogP contribution < -0.4 is 9.04 Å². The molecule has 0 N–H and O–H groups in total. The van der Waals surface area contributed by atoms with Crippen LogP contribution in [0.5, 0.6) is 5.75 Å². The van der Waals surface area contributed by atoms with Gasteiger partial charge in [0.2, 0.25) is 5.91 Å². The standard InChI is InChI=1S/C22H26N2O6S/c1-29-19-8-10-20(11-9-19)31(27,28)24(18-6-4-3-5-7-18)16-21(25)23-14-12-17(13-15-23)22(26)30-2/h3-11,17H,12-16H2,1-2H3. The van der Waals surface area contributed by atoms with E-state index in [0.717, 1.165) is 4.31 Å². The summed E-state index contributed by atoms with van der Waals surface area (Å²) in [5.74, 6) is -0.290. The van der Waals surface area contributed by atoms with Gasteiger partial charge >= 0.3 is 5.97 Å². The van der Waals surface area contributed by atoms with Gasteiger partial charge in [0.05, 0.1) is 30.7 Å². The third-order valence-corrected chi connectivity index (χ3v) is 7.14. The van der Waals surface area contributed by atoms with E-state index in [1.165, 1.54) is 26.4 Å². The number of hydrogen-bond donors (Lipinski definition) is 0. The Morgan fingerprint density at radius 3 is 2.16 bits per heavy atom. The van der Waals surface area contributed by atoms with Crippen LogP contribution in [0.25, 0.3) is 0 Å². The third kappa shape index (κ3) is 5.16. The molecule has 166 valence electrons. The molecule has 3 rings (SSSR count). The SMILES string of the molecule is COC(=O)C1CCN(C(=O)CN(c2ccccc2)S(=O)(=O)c2ccc(OC)cc2)CC1. The number of sulfonamides is 1. The van der Waals surface area contributed by atoms with E-state index in [1.807, 2.05) is 0 Å². The van der Waals surface area contributed by atoms with Gasteiger partial charge in [-0.05, 0) is 49.2 Å². The van der Waals surface area contributed by atoms with E-state index in [9.17, 15) is 18.0 Å². The maximum absolute atomic E-state index is 13.4. The molecule has 0 aromatic heterocycles. The fourth-order valence-electron chi connectivity index (χ4n) is 3.54. The first-order valence-electron chi connectivity index (χ1n) is 9.94. The van der Waals surface area contributed by atoms with Crippen molar-refractivity contribution >= 4 is 27.6 Å². The Hall–Kier alpha value is -3.07. The van der Waals surface area contributed by atoms with Gasteiger partial charge < -0.3 is 14.4 Å². The summed E-state index contributed by atoms with van der Waals surface area (Å²) in [6, 6.07) is 14.6. The van der Waals surface area contributed by atoms with Crippen molar-refractivity contribution in [2.24, 2.45) is 5.92 Å². The lowest BCUT2D eigenvalue weighted by Crippen LogP contribution is -2.46. The number of methoxy groups -OCH3 is 2. The van der Waals surface area contributed by atoms with Gasteiger partial charge in [-0.25, -0.2) is 8.42 Å². The minimum atomic E-state index is -3.98. The highest BCUT2D eigenvalue weighted by Crippen LogP contribution is 2.26. The molecule has 0 unspecified atom stereocenters. The van der Waals surface area contributed by atoms with Gasteiger partial charge in [0.1, 0.15) is 12.3 Å². The quantitative estimate of drug-likeness (QED) is 0.606. The molecule has 9 heteroatoms. The third-order valence-electron chi connectivity index (χ3n) is 5.35. The number of piperidine rings is 1. The number of carbonyl (C=O) groups excluding carboxylic acids is 2. The van der Waals surface area contributed by atoms with Crippen molar-refractivity contribution in [3.8, 4) is 5.75 Å². The van der Waals surface area contributed by atoms with Gasteiger partial charge in [0.15, 0.2) is 0 Å². The molecule has 0 bridgehead atoms. The molecule has 8 nitrogen and oxygen atoms in total. The number of likely N-dealkylation sites (tertiary alicyclic amines) is 1. The molecule has 1 aliphatic heterocycles. The van der Waals surface area contributed by atoms with Crippen LogP contribution in [0.2, 0.25) is 0 Å². The van der Waals surface area contributed by atoms with Gasteiger partial charge in [-0.3, -0.25) is 13.9 Å². The van der Waals surface area contributed by atoms with Crippen molar-refractivity contribution in [1.82, 2.24) is 4.90 Å². The van der Waals surface area contributed by atoms with Gasteiger partial charge in [0.25, 0.3) is 10.0 Å². The number of benzene rings is 2. The molecule has 1 fully saturated rings. The second-order valence-electron chi connectivity index (χ2n) is 7.20. The lowest BCUT2D eigenvalue weighted by molar-refractivity contribution is -0.148. The second kappa shape index (κ2) is 9.82. The number of para-hydroxylation sites is 1. The smallest absolute Gasteiger partial charge is 0.308 e. The highest BCUT2D eigenvalue weighted by Gasteiger charge is 2.32. The normalized spacial score (nSPS) is 14.7. The van der Waals surface area contributed by atoms with Crippen molar-refractivity contribution < 1.29 is 27.5 Å². The number of hydrogen-bond acceptors (Lipinski definition) is 6. The zero-order chi connectivity index (χ0) is 22.4. The summed E-state index contributed by atoms with van der Waals surface area (Å²) in [4.78, 5) is 26.4. The molecule has 1 heterocycles. The van der Waals surface area contributed by atoms with Gasteiger partial charge in [0, 0.05) is 13.1 Å². The summed E-state index contributed by atoms with van der Waals surface area (Å²) < 4.78 is 37.8. The van der Waals surface area contributed by atoms with Crippen LogP contribution in [0, 0.1) is 5.92 Å². The first-order valence-corrected chi connectivity index (χ1v) is 11.4. The lowest BCUT2D eigenvalue weighted by atomic mass is 9.97. The molecule has 0 radical (unpaired) electrons. The maximum Gasteiger partial charge on any atom is 0.308 e. The van der Waals surface area contributed by atoms with E-state index in [4.69, 9.17) is 9.47 Å². The van der Waals surface area contributed by atoms with Crippen molar-refractivity contribution in [2.75, 3.05) is 38.2 Å². The fourth-order valence-corrected chi connectivity index (χ4v) is 4.95. The van der Waals surface area contributed by atoms with Crippen molar-refractivity contribution in [2.45, 2.75) is 17.7 Å². The van der Waals surface area contributed by atoms with E-state index < -0.39 is 10.0 Å². The maximum atomic E-state index is 13.4. The van der Waals surface area contributed by atoms with Crippen molar-refractivity contribution in [1.29, 1.82) is 0 Å². The van der Waals surface area contributed by atoms with Gasteiger partial charge in [-0.2, -0.15) is 0 Å². The molecular formula is C22H26N2O6S. The van der Waals surface area contributed by atoms with E-state index >= 15 is 0 Å². The summed E-state index contributed by atoms with van der Waals surface area (Å²) in [6.45, 7) is 0.425. The van der Waals surface area contributed by atoms with Crippen LogP contribution in [0.4, 0.5) is 5.69 Å². The Morgan fingerprint density at radius 2 is 1.61 bits per heavy atom. The number of amides is 1. The predicted molar refractivity (Wildman–Crippen MR) is 115 cm³/mol. The summed E-state index contributed by atoms with van der Waals surface area (Å²) >= 11 is 0. The number of rotatable bonds is 7. The first-order chi connectivity index (χ1) is 14.9. The van der Waals surface area contributed by atoms with E-state index in [1.54, 1.807) is 47.4 Å². The average molecular weight is 447 g/mol. The molecule has 0 atom stereocenters.